The van der Waals surface area contributed by atoms with Gasteiger partial charge in [0, 0.05) is 61.9 Å². The molecule has 3 heterocycles. The van der Waals surface area contributed by atoms with Crippen molar-refractivity contribution in [3.05, 3.63) is 131 Å². The van der Waals surface area contributed by atoms with Gasteiger partial charge in [-0.2, -0.15) is 0 Å². The van der Waals surface area contributed by atoms with Gasteiger partial charge in [-0.05, 0) is 106 Å². The third kappa shape index (κ3) is 4.76. The molecule has 0 radical (unpaired) electrons. The zero-order valence-corrected chi connectivity index (χ0v) is 26.7. The van der Waals surface area contributed by atoms with Crippen molar-refractivity contribution in [1.29, 1.82) is 0 Å². The predicted octanol–water partition coefficient (Wildman–Crippen LogP) is 9.32. The van der Waals surface area contributed by atoms with Crippen molar-refractivity contribution >= 4 is 49.8 Å². The van der Waals surface area contributed by atoms with Crippen LogP contribution in [0.5, 0.6) is 0 Å². The number of nitrogens with zero attached hydrogens (tertiary/aromatic N) is 3. The van der Waals surface area contributed by atoms with Crippen LogP contribution in [0.2, 0.25) is 0 Å². The lowest BCUT2D eigenvalue weighted by atomic mass is 9.82. The molecule has 0 unspecified atom stereocenters. The molecule has 0 amide bonds. The van der Waals surface area contributed by atoms with Crippen LogP contribution >= 0.6 is 0 Å². The summed E-state index contributed by atoms with van der Waals surface area (Å²) in [6, 6.07) is 37.2. The Morgan fingerprint density at radius 1 is 0.543 bits per heavy atom. The molecule has 4 aliphatic rings. The highest BCUT2D eigenvalue weighted by Crippen LogP contribution is 2.43. The summed E-state index contributed by atoms with van der Waals surface area (Å²) >= 11 is 0. The maximum Gasteiger partial charge on any atom is 0.207 e. The van der Waals surface area contributed by atoms with Gasteiger partial charge in [0.2, 0.25) is 5.71 Å². The zero-order chi connectivity index (χ0) is 30.5. The van der Waals surface area contributed by atoms with E-state index < -0.39 is 0 Å². The summed E-state index contributed by atoms with van der Waals surface area (Å²) < 4.78 is 2.58. The van der Waals surface area contributed by atoms with Crippen LogP contribution in [-0.4, -0.2) is 49.6 Å². The van der Waals surface area contributed by atoms with E-state index in [2.05, 4.69) is 124 Å². The lowest BCUT2D eigenvalue weighted by molar-refractivity contribution is -0.504. The molecule has 46 heavy (non-hydrogen) atoms. The van der Waals surface area contributed by atoms with E-state index in [0.717, 1.165) is 26.2 Å². The van der Waals surface area contributed by atoms with Gasteiger partial charge in [0.05, 0.1) is 5.56 Å². The third-order valence-electron chi connectivity index (χ3n) is 10.8. The first kappa shape index (κ1) is 27.7. The van der Waals surface area contributed by atoms with Gasteiger partial charge < -0.3 is 9.80 Å². The summed E-state index contributed by atoms with van der Waals surface area (Å²) in [4.78, 5) is 5.12. The van der Waals surface area contributed by atoms with Crippen molar-refractivity contribution in [2.45, 2.75) is 38.5 Å². The van der Waals surface area contributed by atoms with Crippen molar-refractivity contribution in [2.24, 2.45) is 0 Å². The number of hydrogen-bond donors (Lipinski definition) is 0. The van der Waals surface area contributed by atoms with E-state index in [1.54, 1.807) is 0 Å². The van der Waals surface area contributed by atoms with Crippen LogP contribution in [0.1, 0.15) is 60.8 Å². The van der Waals surface area contributed by atoms with Gasteiger partial charge in [0.1, 0.15) is 13.1 Å². The van der Waals surface area contributed by atoms with E-state index in [1.807, 2.05) is 0 Å². The van der Waals surface area contributed by atoms with Gasteiger partial charge in [0.15, 0.2) is 0 Å². The molecule has 0 saturated carbocycles. The maximum absolute atomic E-state index is 2.58. The largest absolute Gasteiger partial charge is 0.372 e. The Hall–Kier alpha value is -4.63. The monoisotopic (exact) mass is 600 g/mol. The maximum atomic E-state index is 2.58. The molecule has 3 aliphatic heterocycles. The minimum atomic E-state index is 1.15. The molecule has 5 aromatic carbocycles. The fourth-order valence-electron chi connectivity index (χ4n) is 8.49. The molecule has 0 spiro atoms. The highest BCUT2D eigenvalue weighted by Gasteiger charge is 2.28. The topological polar surface area (TPSA) is 9.49 Å². The van der Waals surface area contributed by atoms with Crippen LogP contribution in [0, 0.1) is 0 Å². The van der Waals surface area contributed by atoms with Crippen LogP contribution in [0.25, 0.3) is 32.7 Å². The number of fused-ring (bicyclic) bond motifs is 3. The van der Waals surface area contributed by atoms with E-state index in [-0.39, 0.29) is 0 Å². The Bertz CT molecular complexity index is 2060. The first-order valence-corrected chi connectivity index (χ1v) is 17.5. The average Bonchev–Trinajstić information content (AvgIpc) is 3.93. The van der Waals surface area contributed by atoms with Gasteiger partial charge in [-0.1, -0.05) is 66.7 Å². The SMILES string of the molecule is C1=C/C(=C(/c2ccc3cc(N4CCCC4)ccc3c2)c2ccc(N3CCCC3)c3ccccc23)c2ccccc2C1=[N+]1CCCC1. The van der Waals surface area contributed by atoms with Crippen LogP contribution in [0.15, 0.2) is 109 Å². The van der Waals surface area contributed by atoms with Crippen LogP contribution in [0.3, 0.4) is 0 Å². The predicted molar refractivity (Wildman–Crippen MR) is 196 cm³/mol. The molecule has 5 aromatic rings. The summed E-state index contributed by atoms with van der Waals surface area (Å²) in [6.45, 7) is 6.92. The lowest BCUT2D eigenvalue weighted by Crippen LogP contribution is -2.21. The molecule has 3 heteroatoms. The molecule has 228 valence electrons. The van der Waals surface area contributed by atoms with Gasteiger partial charge in [-0.15, -0.1) is 0 Å². The summed E-state index contributed by atoms with van der Waals surface area (Å²) in [7, 11) is 0. The Kier molecular flexibility index (Phi) is 6.99. The van der Waals surface area contributed by atoms with Gasteiger partial charge >= 0.3 is 0 Å². The lowest BCUT2D eigenvalue weighted by Gasteiger charge is -2.24. The molecule has 3 saturated heterocycles. The van der Waals surface area contributed by atoms with Crippen molar-refractivity contribution < 1.29 is 4.58 Å². The highest BCUT2D eigenvalue weighted by atomic mass is 15.1. The second kappa shape index (κ2) is 11.6. The summed E-state index contributed by atoms with van der Waals surface area (Å²) in [5.74, 6) is 0. The fourth-order valence-corrected chi connectivity index (χ4v) is 8.49. The first-order chi connectivity index (χ1) is 22.8. The third-order valence-corrected chi connectivity index (χ3v) is 10.8. The van der Waals surface area contributed by atoms with Gasteiger partial charge in [-0.25, -0.2) is 4.58 Å². The van der Waals surface area contributed by atoms with Crippen molar-refractivity contribution in [3.63, 3.8) is 0 Å². The fraction of sp³-hybridized carbons (Fsp3) is 0.279. The number of hydrogen-bond acceptors (Lipinski definition) is 2. The molecule has 0 aromatic heterocycles. The zero-order valence-electron chi connectivity index (χ0n) is 26.7. The van der Waals surface area contributed by atoms with E-state index >= 15 is 0 Å². The number of benzene rings is 5. The Morgan fingerprint density at radius 3 is 2.02 bits per heavy atom. The molecule has 0 bridgehead atoms. The number of allylic oxidation sites excluding steroid dienone is 3. The molecule has 0 N–H and O–H groups in total. The second-order valence-corrected chi connectivity index (χ2v) is 13.6. The van der Waals surface area contributed by atoms with Crippen LogP contribution < -0.4 is 9.80 Å². The molecule has 3 nitrogen and oxygen atoms in total. The smallest absolute Gasteiger partial charge is 0.207 e. The van der Waals surface area contributed by atoms with E-state index in [9.17, 15) is 0 Å². The van der Waals surface area contributed by atoms with Crippen molar-refractivity contribution in [3.8, 4) is 0 Å². The van der Waals surface area contributed by atoms with Crippen molar-refractivity contribution in [1.82, 2.24) is 0 Å². The minimum absolute atomic E-state index is 1.15. The standard InChI is InChI=1S/C43H42N3/c1-3-13-37-35(11-1)39(19-21-41(37)45-25-7-8-26-45)43(33-16-15-32-30-34(18-17-31(32)29-33)44-23-5-6-24-44)40-20-22-42(46-27-9-10-28-46)38-14-4-2-12-36(38)40/h1-4,11-22,29-30H,5-10,23-28H2/q+1. The van der Waals surface area contributed by atoms with Crippen LogP contribution in [-0.2, 0) is 0 Å². The molecule has 1 aliphatic carbocycles. The molecule has 3 fully saturated rings. The Labute approximate surface area is 272 Å². The van der Waals surface area contributed by atoms with E-state index in [4.69, 9.17) is 0 Å². The minimum Gasteiger partial charge on any atom is -0.372 e. The second-order valence-electron chi connectivity index (χ2n) is 13.6. The molecular formula is C43H42N3+. The number of rotatable bonds is 4. The molecule has 0 atom stereocenters. The normalized spacial score (nSPS) is 19.1. The van der Waals surface area contributed by atoms with Crippen molar-refractivity contribution in [2.75, 3.05) is 49.1 Å². The highest BCUT2D eigenvalue weighted by molar-refractivity contribution is 6.19. The quantitative estimate of drug-likeness (QED) is 0.190. The summed E-state index contributed by atoms with van der Waals surface area (Å²) in [5, 5.41) is 5.30. The van der Waals surface area contributed by atoms with Crippen LogP contribution in [0.4, 0.5) is 11.4 Å². The van der Waals surface area contributed by atoms with E-state index in [0.29, 0.717) is 0 Å². The Balaban J connectivity index is 1.28. The van der Waals surface area contributed by atoms with Gasteiger partial charge in [0.25, 0.3) is 0 Å². The van der Waals surface area contributed by atoms with Gasteiger partial charge in [-0.3, -0.25) is 0 Å². The molecule has 9 rings (SSSR count). The van der Waals surface area contributed by atoms with E-state index in [1.165, 1.54) is 124 Å². The molecular weight excluding hydrogens is 558 g/mol. The first-order valence-electron chi connectivity index (χ1n) is 17.5. The summed E-state index contributed by atoms with van der Waals surface area (Å²) in [6.07, 6.45) is 12.5. The average molecular weight is 601 g/mol. The summed E-state index contributed by atoms with van der Waals surface area (Å²) in [5.41, 5.74) is 12.0. The number of anilines is 2. The Morgan fingerprint density at radius 2 is 1.22 bits per heavy atom.